The Morgan fingerprint density at radius 1 is 1.14 bits per heavy atom. The van der Waals surface area contributed by atoms with E-state index in [4.69, 9.17) is 4.55 Å². The molecule has 0 aliphatic carbocycles. The van der Waals surface area contributed by atoms with E-state index in [2.05, 4.69) is 0 Å². The van der Waals surface area contributed by atoms with Gasteiger partial charge in [-0.2, -0.15) is 21.6 Å². The summed E-state index contributed by atoms with van der Waals surface area (Å²) in [6.07, 6.45) is -2.28. The lowest BCUT2D eigenvalue weighted by Crippen LogP contribution is -2.16. The van der Waals surface area contributed by atoms with Crippen molar-refractivity contribution in [3.05, 3.63) is 35.4 Å². The van der Waals surface area contributed by atoms with Gasteiger partial charge in [-0.25, -0.2) is 0 Å². The third-order valence-corrected chi connectivity index (χ3v) is 4.25. The molecule has 1 N–H and O–H groups in total. The highest BCUT2D eigenvalue weighted by atomic mass is 32.2. The zero-order chi connectivity index (χ0) is 17.0. The summed E-state index contributed by atoms with van der Waals surface area (Å²) in [5.41, 5.74) is -0.300. The van der Waals surface area contributed by atoms with Crippen LogP contribution in [0.4, 0.5) is 13.2 Å². The first-order chi connectivity index (χ1) is 9.89. The van der Waals surface area contributed by atoms with Gasteiger partial charge in [0.1, 0.15) is 0 Å². The fourth-order valence-corrected chi connectivity index (χ4v) is 2.96. The second-order valence-electron chi connectivity index (χ2n) is 6.28. The lowest BCUT2D eigenvalue weighted by molar-refractivity contribution is -0.137. The number of benzene rings is 1. The normalized spacial score (nSPS) is 13.4. The monoisotopic (exact) mass is 338 g/mol. The van der Waals surface area contributed by atoms with Gasteiger partial charge in [0, 0.05) is 0 Å². The molecule has 0 bridgehead atoms. The van der Waals surface area contributed by atoms with Gasteiger partial charge in [-0.3, -0.25) is 4.55 Å². The summed E-state index contributed by atoms with van der Waals surface area (Å²) < 4.78 is 68.0. The van der Waals surface area contributed by atoms with Gasteiger partial charge in [-0.1, -0.05) is 38.5 Å². The first kappa shape index (κ1) is 19.0. The van der Waals surface area contributed by atoms with Gasteiger partial charge in [-0.05, 0) is 36.3 Å². The molecule has 1 rings (SSSR count). The fraction of sp³-hybridized carbons (Fsp3) is 0.600. The molecule has 0 amide bonds. The van der Waals surface area contributed by atoms with E-state index in [9.17, 15) is 21.6 Å². The molecule has 0 aromatic heterocycles. The number of alkyl halides is 3. The third kappa shape index (κ3) is 7.26. The van der Waals surface area contributed by atoms with Gasteiger partial charge in [-0.15, -0.1) is 0 Å². The highest BCUT2D eigenvalue weighted by molar-refractivity contribution is 7.85. The molecule has 1 aromatic rings. The van der Waals surface area contributed by atoms with E-state index < -0.39 is 21.9 Å². The summed E-state index contributed by atoms with van der Waals surface area (Å²) >= 11 is 0. The Morgan fingerprint density at radius 3 is 2.32 bits per heavy atom. The van der Waals surface area contributed by atoms with Crippen LogP contribution in [0.5, 0.6) is 0 Å². The lowest BCUT2D eigenvalue weighted by Gasteiger charge is -2.25. The smallest absolute Gasteiger partial charge is 0.286 e. The van der Waals surface area contributed by atoms with E-state index >= 15 is 0 Å². The zero-order valence-electron chi connectivity index (χ0n) is 12.7. The van der Waals surface area contributed by atoms with E-state index in [1.54, 1.807) is 6.07 Å². The van der Waals surface area contributed by atoms with Gasteiger partial charge in [0.2, 0.25) is 0 Å². The van der Waals surface area contributed by atoms with Crippen LogP contribution in [0.25, 0.3) is 0 Å². The molecule has 0 aliphatic heterocycles. The van der Waals surface area contributed by atoms with Crippen molar-refractivity contribution < 1.29 is 26.1 Å². The zero-order valence-corrected chi connectivity index (χ0v) is 13.5. The Morgan fingerprint density at radius 2 is 1.77 bits per heavy atom. The number of hydrogen-bond acceptors (Lipinski definition) is 2. The highest BCUT2D eigenvalue weighted by Crippen LogP contribution is 2.32. The third-order valence-electron chi connectivity index (χ3n) is 3.44. The van der Waals surface area contributed by atoms with Crippen molar-refractivity contribution in [1.29, 1.82) is 0 Å². The summed E-state index contributed by atoms with van der Waals surface area (Å²) in [5, 5.41) is 0. The Hall–Kier alpha value is -1.08. The predicted octanol–water partition coefficient (Wildman–Crippen LogP) is 4.33. The van der Waals surface area contributed by atoms with E-state index in [1.165, 1.54) is 6.07 Å². The molecule has 0 heterocycles. The van der Waals surface area contributed by atoms with Crippen LogP contribution in [0.1, 0.15) is 44.2 Å². The van der Waals surface area contributed by atoms with Crippen LogP contribution in [0.3, 0.4) is 0 Å². The second kappa shape index (κ2) is 7.00. The number of unbranched alkanes of at least 4 members (excludes halogenated alkanes) is 1. The van der Waals surface area contributed by atoms with Crippen LogP contribution < -0.4 is 0 Å². The first-order valence-corrected chi connectivity index (χ1v) is 8.61. The minimum atomic E-state index is -4.35. The molecule has 0 saturated heterocycles. The van der Waals surface area contributed by atoms with Crippen LogP contribution in [-0.4, -0.2) is 18.7 Å². The van der Waals surface area contributed by atoms with Crippen molar-refractivity contribution in [2.75, 3.05) is 5.75 Å². The van der Waals surface area contributed by atoms with Gasteiger partial charge in [0.05, 0.1) is 11.3 Å². The summed E-state index contributed by atoms with van der Waals surface area (Å²) in [7, 11) is -3.95. The average Bonchev–Trinajstić information content (AvgIpc) is 2.32. The van der Waals surface area contributed by atoms with E-state index in [0.29, 0.717) is 31.2 Å². The minimum Gasteiger partial charge on any atom is -0.286 e. The van der Waals surface area contributed by atoms with Crippen molar-refractivity contribution >= 4 is 10.1 Å². The van der Waals surface area contributed by atoms with Crippen molar-refractivity contribution in [3.8, 4) is 0 Å². The van der Waals surface area contributed by atoms with Crippen LogP contribution in [0, 0.1) is 5.41 Å². The van der Waals surface area contributed by atoms with E-state index in [1.807, 2.05) is 13.8 Å². The molecule has 7 heteroatoms. The van der Waals surface area contributed by atoms with Crippen molar-refractivity contribution in [2.45, 2.75) is 45.7 Å². The van der Waals surface area contributed by atoms with Crippen molar-refractivity contribution in [2.24, 2.45) is 5.41 Å². The van der Waals surface area contributed by atoms with Gasteiger partial charge < -0.3 is 0 Å². The molecule has 0 fully saturated rings. The van der Waals surface area contributed by atoms with Gasteiger partial charge in [0.25, 0.3) is 10.1 Å². The maximum atomic E-state index is 12.7. The van der Waals surface area contributed by atoms with Crippen LogP contribution in [-0.2, 0) is 22.7 Å². The van der Waals surface area contributed by atoms with Crippen LogP contribution in [0.15, 0.2) is 24.3 Å². The molecule has 0 atom stereocenters. The molecule has 0 spiro atoms. The molecule has 126 valence electrons. The Labute approximate surface area is 129 Å². The number of halogens is 3. The minimum absolute atomic E-state index is 0.247. The molecule has 3 nitrogen and oxygen atoms in total. The fourth-order valence-electron chi connectivity index (χ4n) is 2.39. The molecule has 0 saturated carbocycles. The number of rotatable bonds is 7. The first-order valence-electron chi connectivity index (χ1n) is 7.00. The molecule has 22 heavy (non-hydrogen) atoms. The highest BCUT2D eigenvalue weighted by Gasteiger charge is 2.30. The Balaban J connectivity index is 2.61. The molecular formula is C15H21F3O3S. The maximum absolute atomic E-state index is 12.7. The lowest BCUT2D eigenvalue weighted by atomic mass is 9.81. The molecule has 0 radical (unpaired) electrons. The SMILES string of the molecule is CC(C)(CCCCS(=O)(=O)O)Cc1cccc(C(F)(F)F)c1. The molecule has 0 aliphatic rings. The van der Waals surface area contributed by atoms with Gasteiger partial charge >= 0.3 is 6.18 Å². The summed E-state index contributed by atoms with van der Waals surface area (Å²) in [6, 6.07) is 5.25. The van der Waals surface area contributed by atoms with E-state index in [-0.39, 0.29) is 11.2 Å². The van der Waals surface area contributed by atoms with Crippen molar-refractivity contribution in [3.63, 3.8) is 0 Å². The van der Waals surface area contributed by atoms with E-state index in [0.717, 1.165) is 12.1 Å². The Bertz CT molecular complexity index is 592. The second-order valence-corrected chi connectivity index (χ2v) is 7.85. The van der Waals surface area contributed by atoms with Crippen molar-refractivity contribution in [1.82, 2.24) is 0 Å². The van der Waals surface area contributed by atoms with Crippen LogP contribution in [0.2, 0.25) is 0 Å². The van der Waals surface area contributed by atoms with Crippen LogP contribution >= 0.6 is 0 Å². The average molecular weight is 338 g/mol. The maximum Gasteiger partial charge on any atom is 0.416 e. The summed E-state index contributed by atoms with van der Waals surface area (Å²) in [4.78, 5) is 0. The Kier molecular flexibility index (Phi) is 6.03. The summed E-state index contributed by atoms with van der Waals surface area (Å²) in [5.74, 6) is -0.285. The molecule has 0 unspecified atom stereocenters. The predicted molar refractivity (Wildman–Crippen MR) is 79.2 cm³/mol. The largest absolute Gasteiger partial charge is 0.416 e. The summed E-state index contributed by atoms with van der Waals surface area (Å²) in [6.45, 7) is 3.86. The number of hydrogen-bond donors (Lipinski definition) is 1. The standard InChI is InChI=1S/C15H21F3O3S/c1-14(2,8-3-4-9-22(19,20)21)11-12-6-5-7-13(10-12)15(16,17)18/h5-7,10H,3-4,8-9,11H2,1-2H3,(H,19,20,21). The topological polar surface area (TPSA) is 54.4 Å². The molecule has 1 aromatic carbocycles. The molecular weight excluding hydrogens is 317 g/mol. The van der Waals surface area contributed by atoms with Gasteiger partial charge in [0.15, 0.2) is 0 Å². The quantitative estimate of drug-likeness (QED) is 0.594.